The van der Waals surface area contributed by atoms with Crippen LogP contribution in [-0.4, -0.2) is 41.0 Å². The van der Waals surface area contributed by atoms with E-state index in [-0.39, 0.29) is 17.9 Å². The van der Waals surface area contributed by atoms with Crippen LogP contribution in [0.25, 0.3) is 0 Å². The van der Waals surface area contributed by atoms with Crippen LogP contribution in [0.4, 0.5) is 11.4 Å². The van der Waals surface area contributed by atoms with Crippen LogP contribution in [0.3, 0.4) is 0 Å². The first-order chi connectivity index (χ1) is 14.2. The fourth-order valence-electron chi connectivity index (χ4n) is 4.97. The number of benzene rings is 2. The van der Waals surface area contributed by atoms with Gasteiger partial charge >= 0.3 is 0 Å². The Morgan fingerprint density at radius 3 is 2.93 bits per heavy atom. The van der Waals surface area contributed by atoms with Gasteiger partial charge in [0.15, 0.2) is 0 Å². The van der Waals surface area contributed by atoms with E-state index in [2.05, 4.69) is 15.5 Å². The Morgan fingerprint density at radius 2 is 2.07 bits per heavy atom. The second kappa shape index (κ2) is 7.07. The van der Waals surface area contributed by atoms with E-state index in [0.29, 0.717) is 24.5 Å². The van der Waals surface area contributed by atoms with E-state index >= 15 is 0 Å². The average molecular weight is 410 g/mol. The van der Waals surface area contributed by atoms with Gasteiger partial charge in [0, 0.05) is 28.9 Å². The standard InChI is InChI=1S/C22H23N3O3S/c1-2-28-19-10-6-5-9-18(19)23-20(26)16-11-14-12-29-13-25(14)22(16)15-7-3-4-8-17(15)24-21(22)27/h3-10,14,16H,2,11-13H2,1H3,(H,23,26)(H,24,27). The molecule has 2 fully saturated rings. The summed E-state index contributed by atoms with van der Waals surface area (Å²) in [7, 11) is 0. The lowest BCUT2D eigenvalue weighted by atomic mass is 9.79. The number of para-hydroxylation sites is 3. The largest absolute Gasteiger partial charge is 0.492 e. The highest BCUT2D eigenvalue weighted by atomic mass is 32.2. The van der Waals surface area contributed by atoms with Crippen LogP contribution in [0.15, 0.2) is 48.5 Å². The van der Waals surface area contributed by atoms with E-state index in [1.807, 2.05) is 67.2 Å². The predicted molar refractivity (Wildman–Crippen MR) is 114 cm³/mol. The molecule has 0 aliphatic carbocycles. The molecule has 2 amide bonds. The lowest BCUT2D eigenvalue weighted by Crippen LogP contribution is -2.53. The number of ether oxygens (including phenoxy) is 1. The molecule has 150 valence electrons. The third-order valence-electron chi connectivity index (χ3n) is 6.14. The summed E-state index contributed by atoms with van der Waals surface area (Å²) in [5.74, 6) is 1.64. The Balaban J connectivity index is 1.55. The Hall–Kier alpha value is -2.51. The molecule has 0 bridgehead atoms. The molecule has 0 radical (unpaired) electrons. The lowest BCUT2D eigenvalue weighted by Gasteiger charge is -2.36. The van der Waals surface area contributed by atoms with Gasteiger partial charge in [-0.05, 0) is 31.5 Å². The molecule has 5 rings (SSSR count). The normalized spacial score (nSPS) is 27.6. The van der Waals surface area contributed by atoms with Crippen molar-refractivity contribution >= 4 is 35.0 Å². The number of nitrogens with zero attached hydrogens (tertiary/aromatic N) is 1. The molecule has 3 heterocycles. The number of hydrogen-bond donors (Lipinski definition) is 2. The third-order valence-corrected chi connectivity index (χ3v) is 7.22. The summed E-state index contributed by atoms with van der Waals surface area (Å²) in [5.41, 5.74) is 1.41. The van der Waals surface area contributed by atoms with Crippen molar-refractivity contribution in [1.29, 1.82) is 0 Å². The number of anilines is 2. The summed E-state index contributed by atoms with van der Waals surface area (Å²) in [6, 6.07) is 15.4. The highest BCUT2D eigenvalue weighted by Gasteiger charge is 2.65. The lowest BCUT2D eigenvalue weighted by molar-refractivity contribution is -0.134. The molecule has 3 aliphatic heterocycles. The second-order valence-corrected chi connectivity index (χ2v) is 8.60. The summed E-state index contributed by atoms with van der Waals surface area (Å²) in [5, 5.41) is 6.08. The smallest absolute Gasteiger partial charge is 0.250 e. The number of carbonyl (C=O) groups is 2. The minimum atomic E-state index is -0.949. The maximum atomic E-state index is 13.5. The zero-order valence-electron chi connectivity index (χ0n) is 16.2. The van der Waals surface area contributed by atoms with Gasteiger partial charge in [0.25, 0.3) is 0 Å². The van der Waals surface area contributed by atoms with Crippen molar-refractivity contribution in [2.75, 3.05) is 28.9 Å². The molecule has 7 heteroatoms. The number of rotatable bonds is 4. The number of thioether (sulfide) groups is 1. The van der Waals surface area contributed by atoms with E-state index < -0.39 is 11.5 Å². The molecule has 3 unspecified atom stereocenters. The summed E-state index contributed by atoms with van der Waals surface area (Å²) in [4.78, 5) is 29.1. The van der Waals surface area contributed by atoms with Crippen molar-refractivity contribution in [1.82, 2.24) is 4.90 Å². The number of carbonyl (C=O) groups excluding carboxylic acids is 2. The molecule has 6 nitrogen and oxygen atoms in total. The maximum absolute atomic E-state index is 13.5. The third kappa shape index (κ3) is 2.68. The topological polar surface area (TPSA) is 70.7 Å². The predicted octanol–water partition coefficient (Wildman–Crippen LogP) is 3.27. The van der Waals surface area contributed by atoms with Crippen LogP contribution < -0.4 is 15.4 Å². The molecule has 2 N–H and O–H groups in total. The Bertz CT molecular complexity index is 981. The number of amides is 2. The van der Waals surface area contributed by atoms with Crippen molar-refractivity contribution in [2.45, 2.75) is 24.9 Å². The van der Waals surface area contributed by atoms with Gasteiger partial charge in [-0.3, -0.25) is 14.5 Å². The molecule has 1 spiro atoms. The van der Waals surface area contributed by atoms with E-state index in [0.717, 1.165) is 22.9 Å². The quantitative estimate of drug-likeness (QED) is 0.811. The van der Waals surface area contributed by atoms with E-state index in [1.165, 1.54) is 0 Å². The molecular weight excluding hydrogens is 386 g/mol. The first kappa shape index (κ1) is 18.5. The van der Waals surface area contributed by atoms with E-state index in [9.17, 15) is 9.59 Å². The van der Waals surface area contributed by atoms with Crippen LogP contribution in [0.1, 0.15) is 18.9 Å². The number of nitrogens with one attached hydrogen (secondary N) is 2. The van der Waals surface area contributed by atoms with Gasteiger partial charge in [-0.15, -0.1) is 11.8 Å². The fraction of sp³-hybridized carbons (Fsp3) is 0.364. The van der Waals surface area contributed by atoms with E-state index in [4.69, 9.17) is 4.74 Å². The van der Waals surface area contributed by atoms with Gasteiger partial charge in [-0.25, -0.2) is 0 Å². The second-order valence-electron chi connectivity index (χ2n) is 7.60. The monoisotopic (exact) mass is 409 g/mol. The first-order valence-electron chi connectivity index (χ1n) is 9.94. The zero-order chi connectivity index (χ0) is 20.0. The van der Waals surface area contributed by atoms with Gasteiger partial charge in [-0.2, -0.15) is 0 Å². The van der Waals surface area contributed by atoms with Crippen LogP contribution in [0, 0.1) is 5.92 Å². The highest BCUT2D eigenvalue weighted by molar-refractivity contribution is 7.99. The number of fused-ring (bicyclic) bond motifs is 4. The molecule has 2 saturated heterocycles. The average Bonchev–Trinajstić information content (AvgIpc) is 3.38. The molecule has 3 atom stereocenters. The summed E-state index contributed by atoms with van der Waals surface area (Å²) in [6.07, 6.45) is 0.664. The summed E-state index contributed by atoms with van der Waals surface area (Å²) in [6.45, 7) is 2.43. The van der Waals surface area contributed by atoms with Crippen molar-refractivity contribution < 1.29 is 14.3 Å². The SMILES string of the molecule is CCOc1ccccc1NC(=O)C1CC2CSCN2C12C(=O)Nc1ccccc12. The van der Waals surface area contributed by atoms with Crippen molar-refractivity contribution in [3.05, 3.63) is 54.1 Å². The van der Waals surface area contributed by atoms with Gasteiger partial charge < -0.3 is 15.4 Å². The number of hydrogen-bond acceptors (Lipinski definition) is 5. The Labute approximate surface area is 174 Å². The minimum absolute atomic E-state index is 0.0954. The highest BCUT2D eigenvalue weighted by Crippen LogP contribution is 2.55. The van der Waals surface area contributed by atoms with Gasteiger partial charge in [-0.1, -0.05) is 30.3 Å². The summed E-state index contributed by atoms with van der Waals surface area (Å²) >= 11 is 1.82. The van der Waals surface area contributed by atoms with Crippen molar-refractivity contribution in [2.24, 2.45) is 5.92 Å². The zero-order valence-corrected chi connectivity index (χ0v) is 17.0. The molecule has 2 aromatic rings. The van der Waals surface area contributed by atoms with Crippen LogP contribution in [0.5, 0.6) is 5.75 Å². The molecular formula is C22H23N3O3S. The van der Waals surface area contributed by atoms with Crippen LogP contribution in [-0.2, 0) is 15.1 Å². The molecule has 29 heavy (non-hydrogen) atoms. The first-order valence-corrected chi connectivity index (χ1v) is 11.1. The van der Waals surface area contributed by atoms with Gasteiger partial charge in [0.2, 0.25) is 11.8 Å². The Kier molecular flexibility index (Phi) is 4.52. The molecule has 0 aromatic heterocycles. The molecule has 0 saturated carbocycles. The fourth-order valence-corrected chi connectivity index (χ4v) is 6.28. The summed E-state index contributed by atoms with van der Waals surface area (Å²) < 4.78 is 5.66. The van der Waals surface area contributed by atoms with Gasteiger partial charge in [0.05, 0.1) is 18.2 Å². The van der Waals surface area contributed by atoms with Crippen molar-refractivity contribution in [3.63, 3.8) is 0 Å². The Morgan fingerprint density at radius 1 is 1.28 bits per heavy atom. The minimum Gasteiger partial charge on any atom is -0.492 e. The molecule has 2 aromatic carbocycles. The maximum Gasteiger partial charge on any atom is 0.250 e. The van der Waals surface area contributed by atoms with Crippen LogP contribution in [0.2, 0.25) is 0 Å². The molecule has 3 aliphatic rings. The van der Waals surface area contributed by atoms with E-state index in [1.54, 1.807) is 0 Å². The van der Waals surface area contributed by atoms with Gasteiger partial charge in [0.1, 0.15) is 11.3 Å². The van der Waals surface area contributed by atoms with Crippen LogP contribution >= 0.6 is 11.8 Å². The van der Waals surface area contributed by atoms with Crippen molar-refractivity contribution in [3.8, 4) is 5.75 Å².